The van der Waals surface area contributed by atoms with E-state index in [1.165, 1.54) is 11.3 Å². The Balaban J connectivity index is 0.000000878. The van der Waals surface area contributed by atoms with Crippen LogP contribution in [0.1, 0.15) is 41.6 Å². The minimum atomic E-state index is -0.672. The lowest BCUT2D eigenvalue weighted by atomic mass is 9.99. The van der Waals surface area contributed by atoms with Crippen LogP contribution in [0.5, 0.6) is 0 Å². The number of aromatic nitrogens is 2. The van der Waals surface area contributed by atoms with Crippen LogP contribution >= 0.6 is 11.3 Å². The average molecular weight is 412 g/mol. The number of piperidine rings is 1. The maximum absolute atomic E-state index is 12.7. The number of amides is 2. The van der Waals surface area contributed by atoms with Gasteiger partial charge in [0.05, 0.1) is 30.2 Å². The van der Waals surface area contributed by atoms with E-state index in [1.807, 2.05) is 18.0 Å². The first-order valence-electron chi connectivity index (χ1n) is 9.06. The molecule has 1 aliphatic heterocycles. The van der Waals surface area contributed by atoms with Gasteiger partial charge in [-0.1, -0.05) is 6.92 Å². The van der Waals surface area contributed by atoms with Crippen molar-refractivity contribution in [2.75, 3.05) is 19.8 Å². The molecule has 0 aliphatic carbocycles. The molecule has 0 bridgehead atoms. The van der Waals surface area contributed by atoms with Crippen molar-refractivity contribution in [2.24, 2.45) is 13.0 Å². The fourth-order valence-electron chi connectivity index (χ4n) is 3.07. The zero-order valence-corrected chi connectivity index (χ0v) is 16.8. The quantitative estimate of drug-likeness (QED) is 0.733. The normalized spacial score (nSPS) is 14.5. The van der Waals surface area contributed by atoms with Gasteiger partial charge in [0.1, 0.15) is 4.83 Å². The lowest BCUT2D eigenvalue weighted by Crippen LogP contribution is -2.37. The van der Waals surface area contributed by atoms with Crippen molar-refractivity contribution in [1.29, 1.82) is 0 Å². The maximum Gasteiger partial charge on any atom is 0.290 e. The molecule has 3 rings (SSSR count). The summed E-state index contributed by atoms with van der Waals surface area (Å²) in [5.41, 5.74) is 0.701. The highest BCUT2D eigenvalue weighted by Gasteiger charge is 2.24. The van der Waals surface area contributed by atoms with Crippen LogP contribution in [0, 0.1) is 5.92 Å². The van der Waals surface area contributed by atoms with Crippen LogP contribution in [0.15, 0.2) is 6.07 Å². The van der Waals surface area contributed by atoms with Crippen LogP contribution in [0.3, 0.4) is 0 Å². The Morgan fingerprint density at radius 1 is 1.43 bits per heavy atom. The number of fused-ring (bicyclic) bond motifs is 1. The summed E-state index contributed by atoms with van der Waals surface area (Å²) in [5, 5.41) is 14.8. The van der Waals surface area contributed by atoms with E-state index in [2.05, 4.69) is 17.3 Å². The number of halogens is 1. The lowest BCUT2D eigenvalue weighted by Gasteiger charge is -2.29. The van der Waals surface area contributed by atoms with Crippen LogP contribution in [0.4, 0.5) is 4.39 Å². The van der Waals surface area contributed by atoms with Crippen molar-refractivity contribution in [3.05, 3.63) is 16.6 Å². The summed E-state index contributed by atoms with van der Waals surface area (Å²) in [6.07, 6.45) is 1.95. The molecule has 0 atom stereocenters. The molecule has 0 unspecified atom stereocenters. The Labute approximate surface area is 166 Å². The number of alkyl halides is 1. The Morgan fingerprint density at radius 2 is 2.07 bits per heavy atom. The van der Waals surface area contributed by atoms with Gasteiger partial charge < -0.3 is 15.3 Å². The molecule has 28 heavy (non-hydrogen) atoms. The number of carbonyl (C=O) groups excluding carboxylic acids is 2. The van der Waals surface area contributed by atoms with Gasteiger partial charge in [-0.2, -0.15) is 5.10 Å². The molecule has 2 N–H and O–H groups in total. The van der Waals surface area contributed by atoms with Crippen molar-refractivity contribution in [3.8, 4) is 0 Å². The number of thiophene rings is 1. The third kappa shape index (κ3) is 5.28. The molecule has 154 valence electrons. The highest BCUT2D eigenvalue weighted by molar-refractivity contribution is 7.20. The molecule has 3 heterocycles. The summed E-state index contributed by atoms with van der Waals surface area (Å²) in [6, 6.07) is 1.87. The van der Waals surface area contributed by atoms with Crippen molar-refractivity contribution < 1.29 is 23.9 Å². The van der Waals surface area contributed by atoms with Gasteiger partial charge in [0.2, 0.25) is 5.91 Å². The van der Waals surface area contributed by atoms with E-state index in [9.17, 15) is 14.0 Å². The molecule has 2 aromatic rings. The molecule has 0 saturated carbocycles. The fourth-order valence-corrected chi connectivity index (χ4v) is 4.13. The summed E-state index contributed by atoms with van der Waals surface area (Å²) in [7, 11) is 1.82. The molecular formula is C18H25FN4O4S. The van der Waals surface area contributed by atoms with Gasteiger partial charge in [-0.25, -0.2) is 0 Å². The number of hydrogen-bond donors (Lipinski definition) is 2. The highest BCUT2D eigenvalue weighted by atomic mass is 32.1. The van der Waals surface area contributed by atoms with Gasteiger partial charge >= 0.3 is 0 Å². The van der Waals surface area contributed by atoms with Crippen molar-refractivity contribution in [2.45, 2.75) is 32.7 Å². The molecule has 2 aromatic heterocycles. The first kappa shape index (κ1) is 21.8. The summed E-state index contributed by atoms with van der Waals surface area (Å²) in [6.45, 7) is 3.14. The van der Waals surface area contributed by atoms with Crippen molar-refractivity contribution in [3.63, 3.8) is 0 Å². The zero-order valence-electron chi connectivity index (χ0n) is 16.0. The van der Waals surface area contributed by atoms with Gasteiger partial charge in [-0.15, -0.1) is 11.3 Å². The van der Waals surface area contributed by atoms with E-state index in [1.54, 1.807) is 4.68 Å². The minimum Gasteiger partial charge on any atom is -0.483 e. The number of nitrogens with zero attached hydrogens (tertiary/aromatic N) is 3. The Hall–Kier alpha value is -2.49. The van der Waals surface area contributed by atoms with Crippen LogP contribution in [-0.4, -0.2) is 57.8 Å². The van der Waals surface area contributed by atoms with Crippen LogP contribution in [0.25, 0.3) is 10.2 Å². The maximum atomic E-state index is 12.7. The van der Waals surface area contributed by atoms with E-state index in [4.69, 9.17) is 9.90 Å². The van der Waals surface area contributed by atoms with Gasteiger partial charge in [0, 0.05) is 25.5 Å². The zero-order chi connectivity index (χ0) is 20.7. The van der Waals surface area contributed by atoms with Gasteiger partial charge in [0.25, 0.3) is 12.4 Å². The molecule has 2 amide bonds. The number of rotatable bonds is 5. The molecule has 0 spiro atoms. The summed E-state index contributed by atoms with van der Waals surface area (Å²) < 4.78 is 13.9. The molecule has 8 nitrogen and oxygen atoms in total. The van der Waals surface area contributed by atoms with E-state index >= 15 is 0 Å². The first-order chi connectivity index (χ1) is 13.4. The fraction of sp³-hybridized carbons (Fsp3) is 0.556. The van der Waals surface area contributed by atoms with Crippen LogP contribution in [0.2, 0.25) is 0 Å². The molecule has 1 fully saturated rings. The van der Waals surface area contributed by atoms with E-state index in [0.717, 1.165) is 36.1 Å². The topological polar surface area (TPSA) is 105 Å². The number of aryl methyl sites for hydroxylation is 1. The standard InChI is InChI=1S/C17H23FN4O2S.CH2O2/c1-11-4-7-22(8-5-11)16(24)14-9-12-13(10-19-15(23)3-6-18)20-21(2)17(12)25-14;2-1-3/h9,11H,3-8,10H2,1-2H3,(H,19,23);1H,(H,2,3). The van der Waals surface area contributed by atoms with Crippen LogP contribution < -0.4 is 5.32 Å². The largest absolute Gasteiger partial charge is 0.483 e. The smallest absolute Gasteiger partial charge is 0.290 e. The van der Waals surface area contributed by atoms with Crippen molar-refractivity contribution in [1.82, 2.24) is 20.0 Å². The summed E-state index contributed by atoms with van der Waals surface area (Å²) in [4.78, 5) is 36.1. The lowest BCUT2D eigenvalue weighted by molar-refractivity contribution is -0.123. The Morgan fingerprint density at radius 3 is 2.68 bits per heavy atom. The SMILES string of the molecule is CC1CCN(C(=O)c2cc3c(CNC(=O)CCF)nn(C)c3s2)CC1.O=CO. The number of carboxylic acid groups (broad SMARTS) is 1. The Kier molecular flexibility index (Phi) is 7.91. The molecule has 1 aliphatic rings. The third-order valence-corrected chi connectivity index (χ3v) is 5.83. The third-order valence-electron chi connectivity index (χ3n) is 4.64. The number of nitrogens with one attached hydrogen (secondary N) is 1. The van der Waals surface area contributed by atoms with Gasteiger partial charge in [0.15, 0.2) is 0 Å². The van der Waals surface area contributed by atoms with E-state index < -0.39 is 6.67 Å². The average Bonchev–Trinajstić information content (AvgIpc) is 3.22. The summed E-state index contributed by atoms with van der Waals surface area (Å²) >= 11 is 1.43. The first-order valence-corrected chi connectivity index (χ1v) is 9.88. The molecular weight excluding hydrogens is 387 g/mol. The molecule has 0 radical (unpaired) electrons. The van der Waals surface area contributed by atoms with E-state index in [-0.39, 0.29) is 31.3 Å². The van der Waals surface area contributed by atoms with E-state index in [0.29, 0.717) is 16.5 Å². The molecule has 0 aromatic carbocycles. The highest BCUT2D eigenvalue weighted by Crippen LogP contribution is 2.30. The monoisotopic (exact) mass is 412 g/mol. The second kappa shape index (κ2) is 10.2. The number of hydrogen-bond acceptors (Lipinski definition) is 5. The number of carbonyl (C=O) groups is 3. The van der Waals surface area contributed by atoms with Crippen LogP contribution in [-0.2, 0) is 23.2 Å². The predicted octanol–water partition coefficient (Wildman–Crippen LogP) is 2.18. The van der Waals surface area contributed by atoms with Crippen molar-refractivity contribution >= 4 is 39.8 Å². The second-order valence-corrected chi connectivity index (χ2v) is 7.73. The molecule has 1 saturated heterocycles. The molecule has 10 heteroatoms. The van der Waals surface area contributed by atoms with Gasteiger partial charge in [-0.3, -0.25) is 23.5 Å². The minimum absolute atomic E-state index is 0.0699. The van der Waals surface area contributed by atoms with Gasteiger partial charge in [-0.05, 0) is 24.8 Å². The summed E-state index contributed by atoms with van der Waals surface area (Å²) in [5.74, 6) is 0.408. The predicted molar refractivity (Wildman–Crippen MR) is 104 cm³/mol. The second-order valence-electron chi connectivity index (χ2n) is 6.70. The Bertz CT molecular complexity index is 827. The number of likely N-dealkylation sites (tertiary alicyclic amines) is 1.